The minimum Gasteiger partial charge on any atom is -0.324 e. The van der Waals surface area contributed by atoms with Gasteiger partial charge in [-0.1, -0.05) is 0 Å². The van der Waals surface area contributed by atoms with Gasteiger partial charge in [-0.2, -0.15) is 23.3 Å². The average molecular weight is 120 g/mol. The van der Waals surface area contributed by atoms with E-state index < -0.39 is 0 Å². The molecule has 0 spiro atoms. The largest absolute Gasteiger partial charge is 0.324 e. The van der Waals surface area contributed by atoms with Gasteiger partial charge in [0.15, 0.2) is 0 Å². The summed E-state index contributed by atoms with van der Waals surface area (Å²) in [6.45, 7) is 2.22. The van der Waals surface area contributed by atoms with Crippen molar-refractivity contribution < 1.29 is 0 Å². The zero-order valence-corrected chi connectivity index (χ0v) is 5.35. The average Bonchev–Trinajstić information content (AvgIpc) is 2.33. The lowest BCUT2D eigenvalue weighted by molar-refractivity contribution is 0.647. The van der Waals surface area contributed by atoms with Crippen molar-refractivity contribution in [3.8, 4) is 0 Å². The number of rotatable bonds is 0. The van der Waals surface area contributed by atoms with E-state index in [2.05, 4.69) is 23.5 Å². The summed E-state index contributed by atoms with van der Waals surface area (Å²) in [5.74, 6) is 0. The van der Waals surface area contributed by atoms with E-state index in [9.17, 15) is 0 Å². The molecule has 0 saturated heterocycles. The Morgan fingerprint density at radius 3 is 3.44 bits per heavy atom. The van der Waals surface area contributed by atoms with Gasteiger partial charge in [0.05, 0.1) is 0 Å². The van der Waals surface area contributed by atoms with Gasteiger partial charge in [0, 0.05) is 0 Å². The van der Waals surface area contributed by atoms with Crippen molar-refractivity contribution >= 4 is 0 Å². The first-order valence-electron chi connectivity index (χ1n) is 3.41. The molecule has 1 heteroatoms. The molecule has 1 aromatic carbocycles. The maximum atomic E-state index is 3.33. The van der Waals surface area contributed by atoms with Crippen LogP contribution in [0.3, 0.4) is 0 Å². The van der Waals surface area contributed by atoms with Gasteiger partial charge in [0.2, 0.25) is 0 Å². The van der Waals surface area contributed by atoms with E-state index >= 15 is 0 Å². The monoisotopic (exact) mass is 120 g/mol. The van der Waals surface area contributed by atoms with E-state index in [1.807, 2.05) is 0 Å². The summed E-state index contributed by atoms with van der Waals surface area (Å²) >= 11 is 0. The van der Waals surface area contributed by atoms with E-state index in [-0.39, 0.29) is 0 Å². The van der Waals surface area contributed by atoms with Gasteiger partial charge in [-0.15, -0.1) is 0 Å². The van der Waals surface area contributed by atoms with Crippen LogP contribution in [0.1, 0.15) is 11.1 Å². The van der Waals surface area contributed by atoms with E-state index in [4.69, 9.17) is 0 Å². The second-order valence-corrected chi connectivity index (χ2v) is 2.50. The molecule has 0 saturated carbocycles. The molecule has 0 aliphatic carbocycles. The first kappa shape index (κ1) is 5.12. The van der Waals surface area contributed by atoms with Crippen molar-refractivity contribution in [2.24, 2.45) is 0 Å². The Balaban J connectivity index is 2.39. The third-order valence-corrected chi connectivity index (χ3v) is 1.89. The third kappa shape index (κ3) is 0.775. The highest BCUT2D eigenvalue weighted by molar-refractivity contribution is 5.30. The standard InChI is InChI=1S/C8H10N/c1-2-7-4-5-9-6-8(7)3-1/h1-3,9H,4-6H2/q-1. The molecule has 48 valence electrons. The van der Waals surface area contributed by atoms with Crippen molar-refractivity contribution in [3.63, 3.8) is 0 Å². The molecular weight excluding hydrogens is 110 g/mol. The first-order chi connectivity index (χ1) is 4.47. The molecule has 1 nitrogen and oxygen atoms in total. The van der Waals surface area contributed by atoms with Crippen LogP contribution in [-0.4, -0.2) is 6.54 Å². The Kier molecular flexibility index (Phi) is 1.09. The summed E-state index contributed by atoms with van der Waals surface area (Å²) in [6, 6.07) is 6.55. The summed E-state index contributed by atoms with van der Waals surface area (Å²) in [7, 11) is 0. The SMILES string of the molecule is c1cc2c([cH-]1)CCNC2. The van der Waals surface area contributed by atoms with Crippen LogP contribution >= 0.6 is 0 Å². The van der Waals surface area contributed by atoms with Crippen molar-refractivity contribution in [2.45, 2.75) is 13.0 Å². The van der Waals surface area contributed by atoms with Gasteiger partial charge < -0.3 is 5.32 Å². The summed E-state index contributed by atoms with van der Waals surface area (Å²) in [5, 5.41) is 3.33. The predicted octanol–water partition coefficient (Wildman–Crippen LogP) is 1.05. The molecule has 0 unspecified atom stereocenters. The maximum absolute atomic E-state index is 3.33. The summed E-state index contributed by atoms with van der Waals surface area (Å²) in [4.78, 5) is 0. The lowest BCUT2D eigenvalue weighted by atomic mass is 10.1. The Morgan fingerprint density at radius 2 is 2.56 bits per heavy atom. The highest BCUT2D eigenvalue weighted by Crippen LogP contribution is 2.13. The van der Waals surface area contributed by atoms with Crippen LogP contribution in [0.5, 0.6) is 0 Å². The van der Waals surface area contributed by atoms with Crippen LogP contribution in [0.15, 0.2) is 18.2 Å². The number of nitrogens with one attached hydrogen (secondary N) is 1. The van der Waals surface area contributed by atoms with Crippen LogP contribution < -0.4 is 5.32 Å². The highest BCUT2D eigenvalue weighted by Gasteiger charge is 1.98. The first-order valence-corrected chi connectivity index (χ1v) is 3.41. The van der Waals surface area contributed by atoms with Crippen molar-refractivity contribution in [1.29, 1.82) is 0 Å². The molecule has 1 aliphatic rings. The third-order valence-electron chi connectivity index (χ3n) is 1.89. The topological polar surface area (TPSA) is 12.0 Å². The fraction of sp³-hybridized carbons (Fsp3) is 0.375. The smallest absolute Gasteiger partial charge is 0.00366 e. The zero-order chi connectivity index (χ0) is 6.10. The van der Waals surface area contributed by atoms with Crippen molar-refractivity contribution in [1.82, 2.24) is 5.32 Å². The van der Waals surface area contributed by atoms with Crippen LogP contribution in [0, 0.1) is 0 Å². The predicted molar refractivity (Wildman–Crippen MR) is 37.4 cm³/mol. The minimum absolute atomic E-state index is 1.07. The second-order valence-electron chi connectivity index (χ2n) is 2.50. The van der Waals surface area contributed by atoms with E-state index in [1.165, 1.54) is 17.5 Å². The quantitative estimate of drug-likeness (QED) is 0.505. The van der Waals surface area contributed by atoms with Crippen LogP contribution in [0.25, 0.3) is 0 Å². The molecule has 9 heavy (non-hydrogen) atoms. The molecule has 1 aliphatic heterocycles. The fourth-order valence-corrected chi connectivity index (χ4v) is 1.36. The maximum Gasteiger partial charge on any atom is -0.00366 e. The normalized spacial score (nSPS) is 17.3. The Hall–Kier alpha value is -0.690. The van der Waals surface area contributed by atoms with E-state index in [1.54, 1.807) is 0 Å². The van der Waals surface area contributed by atoms with Gasteiger partial charge in [0.25, 0.3) is 0 Å². The molecule has 0 fully saturated rings. The molecule has 2 rings (SSSR count). The molecule has 1 aromatic rings. The fourth-order valence-electron chi connectivity index (χ4n) is 1.36. The molecule has 0 aromatic heterocycles. The molecule has 0 radical (unpaired) electrons. The van der Waals surface area contributed by atoms with Crippen LogP contribution in [0.2, 0.25) is 0 Å². The number of hydrogen-bond acceptors (Lipinski definition) is 1. The van der Waals surface area contributed by atoms with E-state index in [0.29, 0.717) is 0 Å². The van der Waals surface area contributed by atoms with Crippen molar-refractivity contribution in [2.75, 3.05) is 6.54 Å². The van der Waals surface area contributed by atoms with Gasteiger partial charge >= 0.3 is 0 Å². The van der Waals surface area contributed by atoms with Crippen LogP contribution in [0.4, 0.5) is 0 Å². The summed E-state index contributed by atoms with van der Waals surface area (Å²) < 4.78 is 0. The molecule has 1 N–H and O–H groups in total. The summed E-state index contributed by atoms with van der Waals surface area (Å²) in [5.41, 5.74) is 3.02. The molecule has 0 amide bonds. The Labute approximate surface area is 55.1 Å². The van der Waals surface area contributed by atoms with Gasteiger partial charge in [0.1, 0.15) is 0 Å². The summed E-state index contributed by atoms with van der Waals surface area (Å²) in [6.07, 6.45) is 1.21. The molecule has 0 atom stereocenters. The lowest BCUT2D eigenvalue weighted by Gasteiger charge is -2.18. The van der Waals surface area contributed by atoms with E-state index in [0.717, 1.165) is 13.1 Å². The second kappa shape index (κ2) is 1.92. The molecule has 0 bridgehead atoms. The number of fused-ring (bicyclic) bond motifs is 1. The molecule has 1 heterocycles. The zero-order valence-electron chi connectivity index (χ0n) is 5.35. The van der Waals surface area contributed by atoms with Crippen molar-refractivity contribution in [3.05, 3.63) is 29.3 Å². The Bertz CT molecular complexity index is 180. The van der Waals surface area contributed by atoms with Gasteiger partial charge in [-0.25, -0.2) is 6.07 Å². The highest BCUT2D eigenvalue weighted by atomic mass is 14.9. The minimum atomic E-state index is 1.07. The lowest BCUT2D eigenvalue weighted by Crippen LogP contribution is -2.22. The number of hydrogen-bond donors (Lipinski definition) is 1. The van der Waals surface area contributed by atoms with Gasteiger partial charge in [-0.3, -0.25) is 0 Å². The van der Waals surface area contributed by atoms with Gasteiger partial charge in [-0.05, 0) is 19.5 Å². The Morgan fingerprint density at radius 1 is 1.56 bits per heavy atom. The van der Waals surface area contributed by atoms with Crippen LogP contribution in [-0.2, 0) is 13.0 Å². The molecular formula is C8H10N-.